The monoisotopic (exact) mass is 284 g/mol. The maximum absolute atomic E-state index is 12.3. The molecule has 2 aromatic carbocycles. The molecule has 0 saturated heterocycles. The van der Waals surface area contributed by atoms with E-state index in [1.165, 1.54) is 12.7 Å². The molecule has 0 aliphatic rings. The zero-order valence-electron chi connectivity index (χ0n) is 12.5. The van der Waals surface area contributed by atoms with Gasteiger partial charge in [-0.25, -0.2) is 0 Å². The van der Waals surface area contributed by atoms with Gasteiger partial charge in [-0.05, 0) is 31.5 Å². The number of rotatable bonds is 4. The summed E-state index contributed by atoms with van der Waals surface area (Å²) in [6.07, 6.45) is 0. The van der Waals surface area contributed by atoms with Gasteiger partial charge in [0.1, 0.15) is 5.75 Å². The van der Waals surface area contributed by atoms with Gasteiger partial charge in [0.25, 0.3) is 5.91 Å². The normalized spacial score (nSPS) is 11.8. The lowest BCUT2D eigenvalue weighted by Gasteiger charge is -2.16. The summed E-state index contributed by atoms with van der Waals surface area (Å²) in [7, 11) is 1.53. The summed E-state index contributed by atoms with van der Waals surface area (Å²) < 4.78 is 5.13. The first-order chi connectivity index (χ1) is 10.0. The summed E-state index contributed by atoms with van der Waals surface area (Å²) in [5.74, 6) is 0.296. The van der Waals surface area contributed by atoms with Crippen LogP contribution in [0.3, 0.4) is 0 Å². The molecule has 3 N–H and O–H groups in total. The van der Waals surface area contributed by atoms with Crippen LogP contribution < -0.4 is 15.8 Å². The topological polar surface area (TPSA) is 64.3 Å². The van der Waals surface area contributed by atoms with Gasteiger partial charge < -0.3 is 15.8 Å². The number of nitrogen functional groups attached to an aromatic ring is 1. The number of carbonyl (C=O) groups is 1. The van der Waals surface area contributed by atoms with Crippen LogP contribution in [0.1, 0.15) is 34.5 Å². The number of nitrogens with one attached hydrogen (secondary N) is 1. The summed E-state index contributed by atoms with van der Waals surface area (Å²) in [6.45, 7) is 3.98. The van der Waals surface area contributed by atoms with Gasteiger partial charge in [-0.15, -0.1) is 0 Å². The number of amides is 1. The fourth-order valence-corrected chi connectivity index (χ4v) is 2.13. The van der Waals surface area contributed by atoms with Crippen molar-refractivity contribution in [3.8, 4) is 5.75 Å². The minimum atomic E-state index is -0.209. The maximum Gasteiger partial charge on any atom is 0.253 e. The molecule has 0 heterocycles. The average Bonchev–Trinajstić information content (AvgIpc) is 2.48. The molecular weight excluding hydrogens is 264 g/mol. The van der Waals surface area contributed by atoms with Crippen molar-refractivity contribution in [3.63, 3.8) is 0 Å². The maximum atomic E-state index is 12.3. The Morgan fingerprint density at radius 1 is 1.19 bits per heavy atom. The van der Waals surface area contributed by atoms with Gasteiger partial charge in [0.15, 0.2) is 0 Å². The number of nitrogens with two attached hydrogens (primary N) is 1. The van der Waals surface area contributed by atoms with E-state index in [1.54, 1.807) is 18.2 Å². The second-order valence-electron chi connectivity index (χ2n) is 5.03. The lowest BCUT2D eigenvalue weighted by atomic mass is 10.1. The Balaban J connectivity index is 2.16. The molecule has 2 aromatic rings. The van der Waals surface area contributed by atoms with E-state index in [0.717, 1.165) is 5.56 Å². The van der Waals surface area contributed by atoms with E-state index in [0.29, 0.717) is 17.0 Å². The van der Waals surface area contributed by atoms with Crippen LogP contribution in [0.2, 0.25) is 0 Å². The fourth-order valence-electron chi connectivity index (χ4n) is 2.13. The van der Waals surface area contributed by atoms with Crippen LogP contribution >= 0.6 is 0 Å². The summed E-state index contributed by atoms with van der Waals surface area (Å²) in [5, 5.41) is 2.95. The highest BCUT2D eigenvalue weighted by Crippen LogP contribution is 2.25. The summed E-state index contributed by atoms with van der Waals surface area (Å²) in [4.78, 5) is 12.3. The van der Waals surface area contributed by atoms with Crippen molar-refractivity contribution in [1.82, 2.24) is 5.32 Å². The van der Waals surface area contributed by atoms with Crippen molar-refractivity contribution in [1.29, 1.82) is 0 Å². The standard InChI is InChI=1S/C17H20N2O2/c1-11-7-9-13(10-8-11)12(2)19-17(20)14-5-4-6-15(21-3)16(14)18/h4-10,12H,18H2,1-3H3,(H,19,20). The number of anilines is 1. The second-order valence-corrected chi connectivity index (χ2v) is 5.03. The van der Waals surface area contributed by atoms with Crippen molar-refractivity contribution < 1.29 is 9.53 Å². The average molecular weight is 284 g/mol. The number of benzene rings is 2. The molecular formula is C17H20N2O2. The molecule has 0 bridgehead atoms. The Labute approximate surface area is 124 Å². The van der Waals surface area contributed by atoms with E-state index in [2.05, 4.69) is 5.32 Å². The summed E-state index contributed by atoms with van der Waals surface area (Å²) in [6, 6.07) is 13.1. The zero-order chi connectivity index (χ0) is 15.4. The number of hydrogen-bond donors (Lipinski definition) is 2. The summed E-state index contributed by atoms with van der Waals surface area (Å²) in [5.41, 5.74) is 8.96. The Kier molecular flexibility index (Phi) is 4.48. The number of aryl methyl sites for hydroxylation is 1. The number of ether oxygens (including phenoxy) is 1. The predicted molar refractivity (Wildman–Crippen MR) is 84.5 cm³/mol. The molecule has 4 nitrogen and oxygen atoms in total. The first kappa shape index (κ1) is 14.9. The van der Waals surface area contributed by atoms with Crippen molar-refractivity contribution in [3.05, 3.63) is 59.2 Å². The molecule has 0 radical (unpaired) electrons. The lowest BCUT2D eigenvalue weighted by Crippen LogP contribution is -2.27. The van der Waals surface area contributed by atoms with Gasteiger partial charge in [0.2, 0.25) is 0 Å². The van der Waals surface area contributed by atoms with Gasteiger partial charge in [-0.1, -0.05) is 35.9 Å². The molecule has 21 heavy (non-hydrogen) atoms. The number of methoxy groups -OCH3 is 1. The molecule has 0 spiro atoms. The molecule has 0 fully saturated rings. The summed E-state index contributed by atoms with van der Waals surface area (Å²) >= 11 is 0. The predicted octanol–water partition coefficient (Wildman–Crippen LogP) is 3.08. The Hall–Kier alpha value is -2.49. The highest BCUT2D eigenvalue weighted by molar-refractivity contribution is 6.00. The minimum absolute atomic E-state index is 0.0938. The molecule has 110 valence electrons. The van der Waals surface area contributed by atoms with Crippen LogP contribution in [-0.2, 0) is 0 Å². The Morgan fingerprint density at radius 2 is 1.86 bits per heavy atom. The van der Waals surface area contributed by atoms with Crippen molar-refractivity contribution in [2.45, 2.75) is 19.9 Å². The Morgan fingerprint density at radius 3 is 2.48 bits per heavy atom. The molecule has 0 saturated carbocycles. The lowest BCUT2D eigenvalue weighted by molar-refractivity contribution is 0.0940. The van der Waals surface area contributed by atoms with Crippen LogP contribution in [-0.4, -0.2) is 13.0 Å². The first-order valence-corrected chi connectivity index (χ1v) is 6.83. The molecule has 0 aliphatic heterocycles. The Bertz CT molecular complexity index is 636. The van der Waals surface area contributed by atoms with Crippen LogP contribution in [0.15, 0.2) is 42.5 Å². The van der Waals surface area contributed by atoms with Gasteiger partial charge >= 0.3 is 0 Å². The van der Waals surface area contributed by atoms with Crippen LogP contribution in [0.4, 0.5) is 5.69 Å². The molecule has 0 aliphatic carbocycles. The molecule has 1 amide bonds. The van der Waals surface area contributed by atoms with Crippen LogP contribution in [0, 0.1) is 6.92 Å². The highest BCUT2D eigenvalue weighted by Gasteiger charge is 2.15. The van der Waals surface area contributed by atoms with E-state index in [1.807, 2.05) is 38.1 Å². The smallest absolute Gasteiger partial charge is 0.253 e. The van der Waals surface area contributed by atoms with Crippen LogP contribution in [0.5, 0.6) is 5.75 Å². The fraction of sp³-hybridized carbons (Fsp3) is 0.235. The largest absolute Gasteiger partial charge is 0.495 e. The van der Waals surface area contributed by atoms with Crippen LogP contribution in [0.25, 0.3) is 0 Å². The third-order valence-electron chi connectivity index (χ3n) is 3.46. The third kappa shape index (κ3) is 3.34. The first-order valence-electron chi connectivity index (χ1n) is 6.83. The van der Waals surface area contributed by atoms with Crippen molar-refractivity contribution >= 4 is 11.6 Å². The van der Waals surface area contributed by atoms with Crippen molar-refractivity contribution in [2.24, 2.45) is 0 Å². The van der Waals surface area contributed by atoms with E-state index in [-0.39, 0.29) is 11.9 Å². The quantitative estimate of drug-likeness (QED) is 0.848. The second kappa shape index (κ2) is 6.31. The van der Waals surface area contributed by atoms with E-state index < -0.39 is 0 Å². The molecule has 0 aromatic heterocycles. The van der Waals surface area contributed by atoms with Gasteiger partial charge in [-0.3, -0.25) is 4.79 Å². The zero-order valence-corrected chi connectivity index (χ0v) is 12.5. The number of carbonyl (C=O) groups excluding carboxylic acids is 1. The molecule has 1 unspecified atom stereocenters. The number of para-hydroxylation sites is 1. The van der Waals surface area contributed by atoms with Gasteiger partial charge in [0, 0.05) is 0 Å². The number of hydrogen-bond acceptors (Lipinski definition) is 3. The minimum Gasteiger partial charge on any atom is -0.495 e. The highest BCUT2D eigenvalue weighted by atomic mass is 16.5. The van der Waals surface area contributed by atoms with E-state index in [4.69, 9.17) is 10.5 Å². The third-order valence-corrected chi connectivity index (χ3v) is 3.46. The SMILES string of the molecule is COc1cccc(C(=O)NC(C)c2ccc(C)cc2)c1N. The van der Waals surface area contributed by atoms with Gasteiger partial charge in [0.05, 0.1) is 24.4 Å². The van der Waals surface area contributed by atoms with Crippen molar-refractivity contribution in [2.75, 3.05) is 12.8 Å². The van der Waals surface area contributed by atoms with E-state index >= 15 is 0 Å². The molecule has 1 atom stereocenters. The van der Waals surface area contributed by atoms with E-state index in [9.17, 15) is 4.79 Å². The van der Waals surface area contributed by atoms with Gasteiger partial charge in [-0.2, -0.15) is 0 Å². The molecule has 4 heteroatoms. The molecule has 2 rings (SSSR count).